The molecule has 3 rings (SSSR count). The summed E-state index contributed by atoms with van der Waals surface area (Å²) in [6.07, 6.45) is 1.60. The minimum absolute atomic E-state index is 0.0719. The average Bonchev–Trinajstić information content (AvgIpc) is 2.83. The first kappa shape index (κ1) is 24.1. The highest BCUT2D eigenvalue weighted by molar-refractivity contribution is 5.69. The van der Waals surface area contributed by atoms with Crippen molar-refractivity contribution in [1.29, 1.82) is 0 Å². The third-order valence-electron chi connectivity index (χ3n) is 4.88. The first-order valence-electron chi connectivity index (χ1n) is 11.1. The second kappa shape index (κ2) is 12.5. The summed E-state index contributed by atoms with van der Waals surface area (Å²) < 4.78 is 36.9. The van der Waals surface area contributed by atoms with Crippen LogP contribution in [-0.2, 0) is 22.6 Å². The lowest BCUT2D eigenvalue weighted by atomic mass is 10.1. The number of esters is 1. The summed E-state index contributed by atoms with van der Waals surface area (Å²) in [6, 6.07) is 19.9. The summed E-state index contributed by atoms with van der Waals surface area (Å²) in [6.45, 7) is 4.84. The van der Waals surface area contributed by atoms with Crippen LogP contribution in [0.4, 0.5) is 4.39 Å². The number of carbonyl (C=O) groups excluding carboxylic acids is 1. The van der Waals surface area contributed by atoms with E-state index < -0.39 is 5.82 Å². The molecule has 0 aliphatic rings. The molecule has 0 amide bonds. The van der Waals surface area contributed by atoms with Crippen LogP contribution < -0.4 is 14.2 Å². The van der Waals surface area contributed by atoms with E-state index in [0.717, 1.165) is 17.5 Å². The first-order chi connectivity index (χ1) is 16.1. The van der Waals surface area contributed by atoms with E-state index in [-0.39, 0.29) is 24.7 Å². The molecule has 33 heavy (non-hydrogen) atoms. The lowest BCUT2D eigenvalue weighted by molar-refractivity contribution is -0.143. The molecule has 0 bridgehead atoms. The largest absolute Gasteiger partial charge is 0.493 e. The van der Waals surface area contributed by atoms with Crippen LogP contribution in [-0.4, -0.2) is 19.2 Å². The van der Waals surface area contributed by atoms with Gasteiger partial charge in [-0.2, -0.15) is 0 Å². The number of benzene rings is 3. The summed E-state index contributed by atoms with van der Waals surface area (Å²) >= 11 is 0. The predicted molar refractivity (Wildman–Crippen MR) is 124 cm³/mol. The van der Waals surface area contributed by atoms with E-state index in [9.17, 15) is 9.18 Å². The van der Waals surface area contributed by atoms with Crippen LogP contribution in [0.5, 0.6) is 23.0 Å². The number of carbonyl (C=O) groups is 1. The Labute approximate surface area is 194 Å². The van der Waals surface area contributed by atoms with Gasteiger partial charge < -0.3 is 18.9 Å². The number of rotatable bonds is 12. The molecular weight excluding hydrogens is 423 g/mol. The van der Waals surface area contributed by atoms with Crippen molar-refractivity contribution in [2.24, 2.45) is 0 Å². The molecule has 0 spiro atoms. The van der Waals surface area contributed by atoms with Crippen LogP contribution >= 0.6 is 0 Å². The van der Waals surface area contributed by atoms with Crippen molar-refractivity contribution in [2.75, 3.05) is 13.2 Å². The molecule has 0 aliphatic heterocycles. The molecule has 3 aromatic rings. The fraction of sp³-hybridized carbons (Fsp3) is 0.296. The summed E-state index contributed by atoms with van der Waals surface area (Å²) in [5.74, 6) is 0.609. The third-order valence-corrected chi connectivity index (χ3v) is 4.88. The van der Waals surface area contributed by atoms with Crippen LogP contribution in [0.15, 0.2) is 66.7 Å². The van der Waals surface area contributed by atoms with Crippen LogP contribution in [0.25, 0.3) is 0 Å². The van der Waals surface area contributed by atoms with Gasteiger partial charge in [-0.1, -0.05) is 43.3 Å². The molecule has 0 unspecified atom stereocenters. The van der Waals surface area contributed by atoms with Gasteiger partial charge in [0, 0.05) is 12.5 Å². The second-order valence-corrected chi connectivity index (χ2v) is 7.36. The molecule has 3 aromatic carbocycles. The zero-order chi connectivity index (χ0) is 23.5. The van der Waals surface area contributed by atoms with E-state index in [1.807, 2.05) is 42.5 Å². The molecule has 0 atom stereocenters. The van der Waals surface area contributed by atoms with E-state index in [1.54, 1.807) is 19.1 Å². The predicted octanol–water partition coefficient (Wildman–Crippen LogP) is 6.48. The number of hydrogen-bond donors (Lipinski definition) is 0. The summed E-state index contributed by atoms with van der Waals surface area (Å²) in [4.78, 5) is 11.4. The highest BCUT2D eigenvalue weighted by Crippen LogP contribution is 2.35. The Hall–Kier alpha value is -3.54. The zero-order valence-corrected chi connectivity index (χ0v) is 19.0. The lowest BCUT2D eigenvalue weighted by Gasteiger charge is -2.15. The van der Waals surface area contributed by atoms with Crippen LogP contribution in [0.3, 0.4) is 0 Å². The Morgan fingerprint density at radius 1 is 0.848 bits per heavy atom. The Morgan fingerprint density at radius 2 is 1.64 bits per heavy atom. The van der Waals surface area contributed by atoms with Gasteiger partial charge in [0.1, 0.15) is 12.4 Å². The van der Waals surface area contributed by atoms with Crippen molar-refractivity contribution in [3.63, 3.8) is 0 Å². The van der Waals surface area contributed by atoms with Gasteiger partial charge in [0.25, 0.3) is 0 Å². The maximum absolute atomic E-state index is 14.7. The van der Waals surface area contributed by atoms with Crippen LogP contribution in [0, 0.1) is 5.82 Å². The highest BCUT2D eigenvalue weighted by atomic mass is 19.1. The van der Waals surface area contributed by atoms with Gasteiger partial charge in [-0.3, -0.25) is 4.79 Å². The molecule has 0 radical (unpaired) electrons. The van der Waals surface area contributed by atoms with Gasteiger partial charge >= 0.3 is 5.97 Å². The molecule has 174 valence electrons. The van der Waals surface area contributed by atoms with E-state index in [1.165, 1.54) is 12.1 Å². The Balaban J connectivity index is 1.64. The molecule has 0 aromatic heterocycles. The highest BCUT2D eigenvalue weighted by Gasteiger charge is 2.12. The van der Waals surface area contributed by atoms with Gasteiger partial charge in [0.15, 0.2) is 23.1 Å². The van der Waals surface area contributed by atoms with Crippen molar-refractivity contribution in [3.8, 4) is 23.0 Å². The molecule has 0 heterocycles. The zero-order valence-electron chi connectivity index (χ0n) is 19.0. The standard InChI is InChI=1S/C27H29FO5/c1-3-20-12-14-25(26(17-20)32-19-21-9-6-5-7-10-21)33-24-15-13-22(18-23(24)28)31-16-8-11-27(29)30-4-2/h5-7,9-10,12-15,17-18H,3-4,8,11,16,19H2,1-2H3. The third kappa shape index (κ3) is 7.52. The molecule has 5 nitrogen and oxygen atoms in total. The van der Waals surface area contributed by atoms with Crippen molar-refractivity contribution >= 4 is 5.97 Å². The van der Waals surface area contributed by atoms with Crippen molar-refractivity contribution in [3.05, 3.63) is 83.7 Å². The maximum Gasteiger partial charge on any atom is 0.305 e. The van der Waals surface area contributed by atoms with Gasteiger partial charge in [-0.25, -0.2) is 4.39 Å². The Morgan fingerprint density at radius 3 is 2.36 bits per heavy atom. The number of aryl methyl sites for hydroxylation is 1. The fourth-order valence-corrected chi connectivity index (χ4v) is 3.12. The Kier molecular flexibility index (Phi) is 9.12. The minimum Gasteiger partial charge on any atom is -0.493 e. The van der Waals surface area contributed by atoms with Crippen LogP contribution in [0.1, 0.15) is 37.8 Å². The van der Waals surface area contributed by atoms with Gasteiger partial charge in [-0.05, 0) is 55.2 Å². The SMILES string of the molecule is CCOC(=O)CCCOc1ccc(Oc2ccc(CC)cc2OCc2ccccc2)c(F)c1. The first-order valence-corrected chi connectivity index (χ1v) is 11.1. The normalized spacial score (nSPS) is 10.5. The minimum atomic E-state index is -0.550. The molecular formula is C27H29FO5. The average molecular weight is 453 g/mol. The van der Waals surface area contributed by atoms with E-state index in [4.69, 9.17) is 18.9 Å². The maximum atomic E-state index is 14.7. The van der Waals surface area contributed by atoms with E-state index >= 15 is 0 Å². The molecule has 0 saturated heterocycles. The molecule has 0 fully saturated rings. The number of hydrogen-bond acceptors (Lipinski definition) is 5. The number of ether oxygens (including phenoxy) is 4. The van der Waals surface area contributed by atoms with Gasteiger partial charge in [0.05, 0.1) is 13.2 Å². The smallest absolute Gasteiger partial charge is 0.305 e. The summed E-state index contributed by atoms with van der Waals surface area (Å²) in [7, 11) is 0. The van der Waals surface area contributed by atoms with Gasteiger partial charge in [0.2, 0.25) is 0 Å². The summed E-state index contributed by atoms with van der Waals surface area (Å²) in [5, 5.41) is 0. The monoisotopic (exact) mass is 452 g/mol. The van der Waals surface area contributed by atoms with Gasteiger partial charge in [-0.15, -0.1) is 0 Å². The topological polar surface area (TPSA) is 54.0 Å². The van der Waals surface area contributed by atoms with E-state index in [2.05, 4.69) is 6.92 Å². The summed E-state index contributed by atoms with van der Waals surface area (Å²) in [5.41, 5.74) is 2.12. The quantitative estimate of drug-likeness (QED) is 0.232. The van der Waals surface area contributed by atoms with E-state index in [0.29, 0.717) is 36.9 Å². The lowest BCUT2D eigenvalue weighted by Crippen LogP contribution is -2.06. The number of halogens is 1. The van der Waals surface area contributed by atoms with Crippen molar-refractivity contribution in [2.45, 2.75) is 39.7 Å². The van der Waals surface area contributed by atoms with Crippen molar-refractivity contribution < 1.29 is 28.1 Å². The molecule has 0 N–H and O–H groups in total. The van der Waals surface area contributed by atoms with Crippen LogP contribution in [0.2, 0.25) is 0 Å². The molecule has 0 saturated carbocycles. The molecule has 0 aliphatic carbocycles. The second-order valence-electron chi connectivity index (χ2n) is 7.36. The van der Waals surface area contributed by atoms with Crippen molar-refractivity contribution in [1.82, 2.24) is 0 Å². The fourth-order valence-electron chi connectivity index (χ4n) is 3.12. The Bertz CT molecular complexity index is 1040. The molecule has 6 heteroatoms.